The van der Waals surface area contributed by atoms with Crippen LogP contribution in [0.25, 0.3) is 0 Å². The Labute approximate surface area is 82.5 Å². The van der Waals surface area contributed by atoms with Crippen LogP contribution in [0.1, 0.15) is 35.8 Å². The van der Waals surface area contributed by atoms with E-state index in [-0.39, 0.29) is 0 Å². The molecule has 0 fully saturated rings. The summed E-state index contributed by atoms with van der Waals surface area (Å²) in [7, 11) is 0. The fourth-order valence-electron chi connectivity index (χ4n) is 2.69. The zero-order valence-electron chi connectivity index (χ0n) is 7.77. The quantitative estimate of drug-likeness (QED) is 0.485. The lowest BCUT2D eigenvalue weighted by molar-refractivity contribution is 0.421. The second kappa shape index (κ2) is 2.53. The van der Waals surface area contributed by atoms with Crippen molar-refractivity contribution in [2.45, 2.75) is 24.7 Å². The van der Waals surface area contributed by atoms with E-state index >= 15 is 0 Å². The van der Waals surface area contributed by atoms with Crippen LogP contribution in [-0.4, -0.2) is 10.2 Å². The number of phenols is 2. The molecular weight excluding hydrogens is 176 g/mol. The number of allylic oxidation sites excluding steroid dienone is 2. The summed E-state index contributed by atoms with van der Waals surface area (Å²) >= 11 is 0. The molecule has 0 radical (unpaired) electrons. The summed E-state index contributed by atoms with van der Waals surface area (Å²) in [6.07, 6.45) is 6.47. The highest BCUT2D eigenvalue weighted by atomic mass is 16.3. The SMILES string of the molecule is Oc1ccc(O)c2c1[C@@H]1C=C[C@@H]2CC1. The number of hydrogen-bond acceptors (Lipinski definition) is 2. The van der Waals surface area contributed by atoms with E-state index in [4.69, 9.17) is 0 Å². The summed E-state index contributed by atoms with van der Waals surface area (Å²) in [5.74, 6) is 1.28. The highest BCUT2D eigenvalue weighted by Crippen LogP contribution is 2.51. The predicted molar refractivity (Wildman–Crippen MR) is 53.6 cm³/mol. The van der Waals surface area contributed by atoms with Gasteiger partial charge in [0.25, 0.3) is 0 Å². The monoisotopic (exact) mass is 188 g/mol. The third-order valence-electron chi connectivity index (χ3n) is 3.35. The van der Waals surface area contributed by atoms with Gasteiger partial charge in [0.1, 0.15) is 11.5 Å². The number of rotatable bonds is 0. The molecule has 0 heterocycles. The van der Waals surface area contributed by atoms with Crippen molar-refractivity contribution in [3.05, 3.63) is 35.4 Å². The maximum atomic E-state index is 9.76. The molecule has 3 aliphatic rings. The fourth-order valence-corrected chi connectivity index (χ4v) is 2.69. The van der Waals surface area contributed by atoms with E-state index in [1.807, 2.05) is 0 Å². The molecule has 0 saturated heterocycles. The Morgan fingerprint density at radius 1 is 0.857 bits per heavy atom. The Bertz CT molecular complexity index is 382. The van der Waals surface area contributed by atoms with Crippen molar-refractivity contribution in [1.29, 1.82) is 0 Å². The lowest BCUT2D eigenvalue weighted by atomic mass is 9.71. The maximum absolute atomic E-state index is 9.76. The first kappa shape index (κ1) is 7.92. The van der Waals surface area contributed by atoms with Crippen LogP contribution in [0.5, 0.6) is 11.5 Å². The third-order valence-corrected chi connectivity index (χ3v) is 3.35. The number of phenolic OH excluding ortho intramolecular Hbond substituents is 2. The average molecular weight is 188 g/mol. The van der Waals surface area contributed by atoms with Crippen molar-refractivity contribution in [1.82, 2.24) is 0 Å². The van der Waals surface area contributed by atoms with Crippen LogP contribution in [-0.2, 0) is 0 Å². The Hall–Kier alpha value is -1.44. The summed E-state index contributed by atoms with van der Waals surface area (Å²) in [4.78, 5) is 0. The first-order valence-electron chi connectivity index (χ1n) is 5.00. The fraction of sp³-hybridized carbons (Fsp3) is 0.333. The van der Waals surface area contributed by atoms with Gasteiger partial charge in [-0.1, -0.05) is 12.2 Å². The summed E-state index contributed by atoms with van der Waals surface area (Å²) in [5.41, 5.74) is 1.90. The normalized spacial score (nSPS) is 27.7. The second-order valence-electron chi connectivity index (χ2n) is 4.11. The number of fused-ring (bicyclic) bond motifs is 1. The van der Waals surface area contributed by atoms with Crippen molar-refractivity contribution in [3.8, 4) is 11.5 Å². The first-order valence-corrected chi connectivity index (χ1v) is 5.00. The molecule has 0 unspecified atom stereocenters. The lowest BCUT2D eigenvalue weighted by Gasteiger charge is -2.34. The minimum atomic E-state index is 0.307. The molecule has 1 aromatic carbocycles. The first-order chi connectivity index (χ1) is 6.77. The van der Waals surface area contributed by atoms with E-state index in [9.17, 15) is 10.2 Å². The highest BCUT2D eigenvalue weighted by Gasteiger charge is 2.32. The molecule has 2 atom stereocenters. The van der Waals surface area contributed by atoms with Crippen molar-refractivity contribution >= 4 is 0 Å². The van der Waals surface area contributed by atoms with Crippen molar-refractivity contribution < 1.29 is 10.2 Å². The zero-order valence-corrected chi connectivity index (χ0v) is 7.77. The van der Waals surface area contributed by atoms with Gasteiger partial charge in [0.15, 0.2) is 0 Å². The van der Waals surface area contributed by atoms with Gasteiger partial charge in [0.05, 0.1) is 0 Å². The van der Waals surface area contributed by atoms with E-state index in [1.54, 1.807) is 12.1 Å². The van der Waals surface area contributed by atoms with E-state index in [1.165, 1.54) is 0 Å². The van der Waals surface area contributed by atoms with Gasteiger partial charge in [-0.15, -0.1) is 0 Å². The van der Waals surface area contributed by atoms with Crippen LogP contribution in [0.4, 0.5) is 0 Å². The van der Waals surface area contributed by atoms with Gasteiger partial charge in [0, 0.05) is 23.0 Å². The van der Waals surface area contributed by atoms with Gasteiger partial charge >= 0.3 is 0 Å². The molecular formula is C12H12O2. The van der Waals surface area contributed by atoms with Crippen LogP contribution < -0.4 is 0 Å². The Balaban J connectivity index is 2.31. The van der Waals surface area contributed by atoms with Crippen LogP contribution in [0, 0.1) is 0 Å². The molecule has 72 valence electrons. The minimum absolute atomic E-state index is 0.307. The van der Waals surface area contributed by atoms with Crippen LogP contribution in [0.2, 0.25) is 0 Å². The molecule has 2 bridgehead atoms. The molecule has 14 heavy (non-hydrogen) atoms. The van der Waals surface area contributed by atoms with Gasteiger partial charge in [-0.2, -0.15) is 0 Å². The van der Waals surface area contributed by atoms with Gasteiger partial charge in [-0.25, -0.2) is 0 Å². The van der Waals surface area contributed by atoms with E-state index in [2.05, 4.69) is 12.2 Å². The van der Waals surface area contributed by atoms with Gasteiger partial charge in [-0.3, -0.25) is 0 Å². The number of benzene rings is 1. The number of hydrogen-bond donors (Lipinski definition) is 2. The zero-order chi connectivity index (χ0) is 9.71. The maximum Gasteiger partial charge on any atom is 0.119 e. The van der Waals surface area contributed by atoms with Crippen molar-refractivity contribution in [2.75, 3.05) is 0 Å². The van der Waals surface area contributed by atoms with Crippen LogP contribution in [0.15, 0.2) is 24.3 Å². The smallest absolute Gasteiger partial charge is 0.119 e. The molecule has 2 nitrogen and oxygen atoms in total. The molecule has 0 aliphatic heterocycles. The number of aromatic hydroxyl groups is 2. The van der Waals surface area contributed by atoms with Crippen LogP contribution in [0.3, 0.4) is 0 Å². The molecule has 1 aromatic rings. The van der Waals surface area contributed by atoms with Crippen LogP contribution >= 0.6 is 0 Å². The summed E-state index contributed by atoms with van der Waals surface area (Å²) in [5, 5.41) is 19.5. The summed E-state index contributed by atoms with van der Waals surface area (Å²) in [6, 6.07) is 3.17. The minimum Gasteiger partial charge on any atom is -0.508 e. The van der Waals surface area contributed by atoms with Gasteiger partial charge < -0.3 is 10.2 Å². The molecule has 4 rings (SSSR count). The Morgan fingerprint density at radius 2 is 1.29 bits per heavy atom. The summed E-state index contributed by atoms with van der Waals surface area (Å²) < 4.78 is 0. The molecule has 2 N–H and O–H groups in total. The molecule has 0 aromatic heterocycles. The average Bonchev–Trinajstić information content (AvgIpc) is 2.25. The Morgan fingerprint density at radius 3 is 1.64 bits per heavy atom. The van der Waals surface area contributed by atoms with E-state index in [0.29, 0.717) is 23.3 Å². The second-order valence-corrected chi connectivity index (χ2v) is 4.11. The van der Waals surface area contributed by atoms with Gasteiger partial charge in [-0.05, 0) is 25.0 Å². The third kappa shape index (κ3) is 0.857. The molecule has 2 heteroatoms. The largest absolute Gasteiger partial charge is 0.508 e. The van der Waals surface area contributed by atoms with E-state index in [0.717, 1.165) is 24.0 Å². The summed E-state index contributed by atoms with van der Waals surface area (Å²) in [6.45, 7) is 0. The molecule has 0 amide bonds. The lowest BCUT2D eigenvalue weighted by Crippen LogP contribution is -2.17. The van der Waals surface area contributed by atoms with Gasteiger partial charge in [0.2, 0.25) is 0 Å². The predicted octanol–water partition coefficient (Wildman–Crippen LogP) is 2.63. The topological polar surface area (TPSA) is 40.5 Å². The molecule has 0 spiro atoms. The molecule has 3 aliphatic carbocycles. The van der Waals surface area contributed by atoms with E-state index < -0.39 is 0 Å². The Kier molecular flexibility index (Phi) is 1.43. The van der Waals surface area contributed by atoms with Crippen molar-refractivity contribution in [2.24, 2.45) is 0 Å². The van der Waals surface area contributed by atoms with Crippen molar-refractivity contribution in [3.63, 3.8) is 0 Å². The standard InChI is InChI=1S/C12H12O2/c13-9-5-6-10(14)12-8-2-1-7(3-4-8)11(9)12/h1-2,5-8,13-14H,3-4H2/t7-,8-/m1/s1. The highest BCUT2D eigenvalue weighted by molar-refractivity contribution is 5.57. The molecule has 0 saturated carbocycles.